The van der Waals surface area contributed by atoms with Crippen molar-refractivity contribution in [2.45, 2.75) is 26.9 Å². The van der Waals surface area contributed by atoms with E-state index < -0.39 is 11.6 Å². The summed E-state index contributed by atoms with van der Waals surface area (Å²) in [4.78, 5) is 10.6. The highest BCUT2D eigenvalue weighted by atomic mass is 19.1. The molecule has 0 aliphatic heterocycles. The minimum atomic E-state index is -0.557. The number of pyridine rings is 1. The van der Waals surface area contributed by atoms with Crippen molar-refractivity contribution in [2.24, 2.45) is 0 Å². The Morgan fingerprint density at radius 1 is 1.08 bits per heavy atom. The summed E-state index contributed by atoms with van der Waals surface area (Å²) >= 11 is 0. The van der Waals surface area contributed by atoms with Gasteiger partial charge in [0.05, 0.1) is 11.3 Å². The van der Waals surface area contributed by atoms with Gasteiger partial charge in [-0.25, -0.2) is 13.8 Å². The van der Waals surface area contributed by atoms with Crippen LogP contribution in [0.2, 0.25) is 0 Å². The van der Waals surface area contributed by atoms with Gasteiger partial charge in [-0.1, -0.05) is 6.92 Å². The molecule has 3 aromatic rings. The minimum absolute atomic E-state index is 0.0338. The van der Waals surface area contributed by atoms with E-state index >= 15 is 0 Å². The summed E-state index contributed by atoms with van der Waals surface area (Å²) < 4.78 is 32.9. The molecule has 1 aromatic carbocycles. The fourth-order valence-electron chi connectivity index (χ4n) is 2.59. The van der Waals surface area contributed by atoms with Gasteiger partial charge in [-0.2, -0.15) is 0 Å². The molecule has 0 aliphatic rings. The lowest BCUT2D eigenvalue weighted by Gasteiger charge is -2.19. The average Bonchev–Trinajstić information content (AvgIpc) is 2.98. The van der Waals surface area contributed by atoms with E-state index in [0.717, 1.165) is 42.5 Å². The average molecular weight is 343 g/mol. The van der Waals surface area contributed by atoms with E-state index in [-0.39, 0.29) is 11.5 Å². The van der Waals surface area contributed by atoms with Crippen LogP contribution in [0, 0.1) is 18.6 Å². The highest BCUT2D eigenvalue weighted by Crippen LogP contribution is 2.26. The third-order valence-corrected chi connectivity index (χ3v) is 4.03. The van der Waals surface area contributed by atoms with Crippen LogP contribution in [-0.4, -0.2) is 21.4 Å². The zero-order chi connectivity index (χ0) is 17.8. The van der Waals surface area contributed by atoms with Crippen molar-refractivity contribution in [1.29, 1.82) is 0 Å². The highest BCUT2D eigenvalue weighted by Gasteiger charge is 2.17. The topological polar surface area (TPSA) is 42.2 Å². The van der Waals surface area contributed by atoms with Crippen LogP contribution >= 0.6 is 0 Å². The number of nitrogens with zero attached hydrogens (tertiary/aromatic N) is 3. The van der Waals surface area contributed by atoms with E-state index in [1.54, 1.807) is 19.3 Å². The lowest BCUT2D eigenvalue weighted by atomic mass is 10.2. The van der Waals surface area contributed by atoms with Gasteiger partial charge in [-0.05, 0) is 49.4 Å². The monoisotopic (exact) mass is 343 g/mol. The Hall–Kier alpha value is -2.60. The Balaban J connectivity index is 1.81. The zero-order valence-corrected chi connectivity index (χ0v) is 14.2. The Kier molecular flexibility index (Phi) is 5.19. The molecule has 0 spiro atoms. The number of oxazole rings is 1. The lowest BCUT2D eigenvalue weighted by molar-refractivity contribution is 0.267. The van der Waals surface area contributed by atoms with Crippen molar-refractivity contribution in [2.75, 3.05) is 6.54 Å². The molecule has 25 heavy (non-hydrogen) atoms. The summed E-state index contributed by atoms with van der Waals surface area (Å²) in [6, 6.07) is 7.17. The number of hydrogen-bond donors (Lipinski definition) is 0. The van der Waals surface area contributed by atoms with Crippen LogP contribution in [0.15, 0.2) is 47.1 Å². The van der Waals surface area contributed by atoms with Crippen LogP contribution in [0.25, 0.3) is 11.5 Å². The van der Waals surface area contributed by atoms with Gasteiger partial charge < -0.3 is 4.42 Å². The van der Waals surface area contributed by atoms with Gasteiger partial charge in [0.1, 0.15) is 17.4 Å². The second kappa shape index (κ2) is 7.53. The zero-order valence-electron chi connectivity index (χ0n) is 14.2. The van der Waals surface area contributed by atoms with Crippen molar-refractivity contribution in [3.05, 3.63) is 71.4 Å². The standard InChI is InChI=1S/C19H19F2N3O/c1-3-24(11-14-6-8-22-9-7-14)12-18-13(2)25-19(23-18)16-10-15(20)4-5-17(16)21/h4-10H,3,11-12H2,1-2H3. The van der Waals surface area contributed by atoms with Crippen LogP contribution in [0.1, 0.15) is 23.9 Å². The largest absolute Gasteiger partial charge is 0.441 e. The number of rotatable bonds is 6. The van der Waals surface area contributed by atoms with Crippen LogP contribution < -0.4 is 0 Å². The second-order valence-electron chi connectivity index (χ2n) is 5.80. The summed E-state index contributed by atoms with van der Waals surface area (Å²) in [5.74, 6) is -0.378. The first-order chi connectivity index (χ1) is 12.1. The van der Waals surface area contributed by atoms with Gasteiger partial charge in [0.2, 0.25) is 5.89 Å². The molecule has 0 aliphatic carbocycles. The Morgan fingerprint density at radius 2 is 1.84 bits per heavy atom. The fraction of sp³-hybridized carbons (Fsp3) is 0.263. The van der Waals surface area contributed by atoms with Crippen molar-refractivity contribution >= 4 is 0 Å². The van der Waals surface area contributed by atoms with E-state index in [9.17, 15) is 8.78 Å². The van der Waals surface area contributed by atoms with Gasteiger partial charge in [-0.15, -0.1) is 0 Å². The highest BCUT2D eigenvalue weighted by molar-refractivity contribution is 5.54. The normalized spacial score (nSPS) is 11.2. The van der Waals surface area contributed by atoms with E-state index in [4.69, 9.17) is 4.42 Å². The Labute approximate surface area is 145 Å². The molecule has 0 bridgehead atoms. The molecule has 0 saturated carbocycles. The maximum atomic E-state index is 13.9. The molecular formula is C19H19F2N3O. The molecule has 4 nitrogen and oxygen atoms in total. The molecule has 0 N–H and O–H groups in total. The first-order valence-electron chi connectivity index (χ1n) is 8.09. The summed E-state index contributed by atoms with van der Waals surface area (Å²) in [5.41, 5.74) is 1.90. The predicted molar refractivity (Wildman–Crippen MR) is 90.6 cm³/mol. The van der Waals surface area contributed by atoms with E-state index in [1.807, 2.05) is 12.1 Å². The van der Waals surface area contributed by atoms with E-state index in [2.05, 4.69) is 21.8 Å². The van der Waals surface area contributed by atoms with Gasteiger partial charge in [0, 0.05) is 25.5 Å². The minimum Gasteiger partial charge on any atom is -0.441 e. The molecule has 0 fully saturated rings. The Bertz CT molecular complexity index is 849. The molecule has 0 saturated heterocycles. The summed E-state index contributed by atoms with van der Waals surface area (Å²) in [6.07, 6.45) is 3.52. The van der Waals surface area contributed by atoms with Gasteiger partial charge >= 0.3 is 0 Å². The smallest absolute Gasteiger partial charge is 0.229 e. The first kappa shape index (κ1) is 17.2. The van der Waals surface area contributed by atoms with E-state index in [0.29, 0.717) is 12.3 Å². The summed E-state index contributed by atoms with van der Waals surface area (Å²) in [6.45, 7) is 5.96. The maximum Gasteiger partial charge on any atom is 0.229 e. The predicted octanol–water partition coefficient (Wildman–Crippen LogP) is 4.35. The van der Waals surface area contributed by atoms with Gasteiger partial charge in [0.15, 0.2) is 0 Å². The second-order valence-corrected chi connectivity index (χ2v) is 5.80. The van der Waals surface area contributed by atoms with Gasteiger partial charge in [0.25, 0.3) is 0 Å². The molecule has 2 heterocycles. The van der Waals surface area contributed by atoms with Crippen molar-refractivity contribution in [3.8, 4) is 11.5 Å². The molecule has 0 radical (unpaired) electrons. The number of aromatic nitrogens is 2. The van der Waals surface area contributed by atoms with Crippen LogP contribution in [0.4, 0.5) is 8.78 Å². The Morgan fingerprint density at radius 3 is 2.56 bits per heavy atom. The molecule has 0 unspecified atom stereocenters. The first-order valence-corrected chi connectivity index (χ1v) is 8.09. The quantitative estimate of drug-likeness (QED) is 0.667. The summed E-state index contributed by atoms with van der Waals surface area (Å²) in [7, 11) is 0. The number of benzene rings is 1. The lowest BCUT2D eigenvalue weighted by Crippen LogP contribution is -2.22. The van der Waals surface area contributed by atoms with Gasteiger partial charge in [-0.3, -0.25) is 9.88 Å². The number of aryl methyl sites for hydroxylation is 1. The molecule has 0 amide bonds. The molecule has 2 aromatic heterocycles. The van der Waals surface area contributed by atoms with Crippen molar-refractivity contribution in [3.63, 3.8) is 0 Å². The molecular weight excluding hydrogens is 324 g/mol. The molecule has 0 atom stereocenters. The maximum absolute atomic E-state index is 13.9. The molecule has 3 rings (SSSR count). The van der Waals surface area contributed by atoms with Crippen LogP contribution in [0.3, 0.4) is 0 Å². The fourth-order valence-corrected chi connectivity index (χ4v) is 2.59. The molecule has 6 heteroatoms. The SMILES string of the molecule is CCN(Cc1ccncc1)Cc1nc(-c2cc(F)ccc2F)oc1C. The van der Waals surface area contributed by atoms with Crippen molar-refractivity contribution in [1.82, 2.24) is 14.9 Å². The van der Waals surface area contributed by atoms with Crippen LogP contribution in [0.5, 0.6) is 0 Å². The number of hydrogen-bond acceptors (Lipinski definition) is 4. The third kappa shape index (κ3) is 4.09. The number of halogens is 2. The van der Waals surface area contributed by atoms with E-state index in [1.165, 1.54) is 0 Å². The van der Waals surface area contributed by atoms with Crippen LogP contribution in [-0.2, 0) is 13.1 Å². The molecule has 130 valence electrons. The third-order valence-electron chi connectivity index (χ3n) is 4.03. The van der Waals surface area contributed by atoms with Crippen molar-refractivity contribution < 1.29 is 13.2 Å². The summed E-state index contributed by atoms with van der Waals surface area (Å²) in [5, 5.41) is 0.